The van der Waals surface area contributed by atoms with E-state index in [9.17, 15) is 0 Å². The second kappa shape index (κ2) is 4.64. The zero-order valence-electron chi connectivity index (χ0n) is 12.1. The first-order valence-corrected chi connectivity index (χ1v) is 6.79. The molecule has 0 spiro atoms. The number of anilines is 1. The molecule has 0 bridgehead atoms. The van der Waals surface area contributed by atoms with Crippen LogP contribution in [0.1, 0.15) is 16.7 Å². The van der Waals surface area contributed by atoms with E-state index in [1.165, 1.54) is 22.3 Å². The number of nitrogens with zero attached hydrogens (tertiary/aromatic N) is 1. The van der Waals surface area contributed by atoms with E-state index < -0.39 is 0 Å². The number of nitrogens with two attached hydrogens (primary N) is 1. The molecule has 20 heavy (non-hydrogen) atoms. The summed E-state index contributed by atoms with van der Waals surface area (Å²) in [6, 6.07) is 12.7. The van der Waals surface area contributed by atoms with Crippen LogP contribution in [0, 0.1) is 20.8 Å². The minimum absolute atomic E-state index is 0.733. The SMILES string of the molecule is Cc1cc(C)c2ncc(N)c(-c3ccccc3C)c2c1. The second-order valence-electron chi connectivity index (χ2n) is 5.38. The summed E-state index contributed by atoms with van der Waals surface area (Å²) in [5.41, 5.74) is 13.9. The van der Waals surface area contributed by atoms with Gasteiger partial charge in [0.15, 0.2) is 0 Å². The highest BCUT2D eigenvalue weighted by Crippen LogP contribution is 2.36. The number of hydrogen-bond donors (Lipinski definition) is 1. The molecule has 3 rings (SSSR count). The average molecular weight is 262 g/mol. The lowest BCUT2D eigenvalue weighted by atomic mass is 9.94. The fourth-order valence-electron chi connectivity index (χ4n) is 2.83. The van der Waals surface area contributed by atoms with Gasteiger partial charge in [0.2, 0.25) is 0 Å². The van der Waals surface area contributed by atoms with Gasteiger partial charge in [-0.25, -0.2) is 0 Å². The molecule has 0 amide bonds. The third kappa shape index (κ3) is 1.94. The van der Waals surface area contributed by atoms with Gasteiger partial charge in [-0.05, 0) is 43.5 Å². The van der Waals surface area contributed by atoms with Crippen LogP contribution in [0.2, 0.25) is 0 Å². The van der Waals surface area contributed by atoms with Crippen LogP contribution in [0.4, 0.5) is 5.69 Å². The molecular formula is C18H18N2. The highest BCUT2D eigenvalue weighted by molar-refractivity contribution is 6.02. The van der Waals surface area contributed by atoms with Gasteiger partial charge in [0.1, 0.15) is 0 Å². The Labute approximate surface area is 119 Å². The average Bonchev–Trinajstić information content (AvgIpc) is 2.39. The van der Waals surface area contributed by atoms with E-state index in [1.807, 2.05) is 0 Å². The van der Waals surface area contributed by atoms with E-state index in [4.69, 9.17) is 5.73 Å². The van der Waals surface area contributed by atoms with Crippen LogP contribution in [0.15, 0.2) is 42.6 Å². The normalized spacial score (nSPS) is 10.9. The molecule has 2 N–H and O–H groups in total. The lowest BCUT2D eigenvalue weighted by Gasteiger charge is -2.14. The predicted molar refractivity (Wildman–Crippen MR) is 85.8 cm³/mol. The smallest absolute Gasteiger partial charge is 0.0739 e. The van der Waals surface area contributed by atoms with Crippen molar-refractivity contribution in [1.82, 2.24) is 4.98 Å². The summed E-state index contributed by atoms with van der Waals surface area (Å²) in [5.74, 6) is 0. The Balaban J connectivity index is 2.46. The Bertz CT molecular complexity index is 804. The third-order valence-corrected chi connectivity index (χ3v) is 3.75. The Morgan fingerprint density at radius 2 is 1.70 bits per heavy atom. The van der Waals surface area contributed by atoms with E-state index in [0.29, 0.717) is 0 Å². The van der Waals surface area contributed by atoms with E-state index in [-0.39, 0.29) is 0 Å². The largest absolute Gasteiger partial charge is 0.397 e. The Morgan fingerprint density at radius 1 is 0.950 bits per heavy atom. The minimum Gasteiger partial charge on any atom is -0.397 e. The Kier molecular flexibility index (Phi) is 2.94. The second-order valence-corrected chi connectivity index (χ2v) is 5.38. The Morgan fingerprint density at radius 3 is 2.45 bits per heavy atom. The van der Waals surface area contributed by atoms with Crippen molar-refractivity contribution >= 4 is 16.6 Å². The van der Waals surface area contributed by atoms with Gasteiger partial charge in [-0.3, -0.25) is 4.98 Å². The molecule has 0 aliphatic heterocycles. The molecule has 2 nitrogen and oxygen atoms in total. The summed E-state index contributed by atoms with van der Waals surface area (Å²) >= 11 is 0. The first-order chi connectivity index (χ1) is 9.58. The number of rotatable bonds is 1. The lowest BCUT2D eigenvalue weighted by molar-refractivity contribution is 1.34. The van der Waals surface area contributed by atoms with Gasteiger partial charge < -0.3 is 5.73 Å². The van der Waals surface area contributed by atoms with Gasteiger partial charge in [-0.15, -0.1) is 0 Å². The van der Waals surface area contributed by atoms with Crippen molar-refractivity contribution in [3.05, 3.63) is 59.3 Å². The molecule has 3 aromatic rings. The molecule has 1 heterocycles. The third-order valence-electron chi connectivity index (χ3n) is 3.75. The molecule has 2 aromatic carbocycles. The summed E-state index contributed by atoms with van der Waals surface area (Å²) in [6.07, 6.45) is 1.77. The van der Waals surface area contributed by atoms with Crippen LogP contribution >= 0.6 is 0 Å². The number of benzene rings is 2. The molecule has 0 saturated carbocycles. The monoisotopic (exact) mass is 262 g/mol. The first kappa shape index (κ1) is 12.7. The molecule has 100 valence electrons. The van der Waals surface area contributed by atoms with Crippen LogP contribution in [0.3, 0.4) is 0 Å². The van der Waals surface area contributed by atoms with Gasteiger partial charge in [0.05, 0.1) is 17.4 Å². The molecule has 0 fully saturated rings. The maximum atomic E-state index is 6.23. The number of pyridine rings is 1. The minimum atomic E-state index is 0.733. The molecule has 0 saturated heterocycles. The maximum Gasteiger partial charge on any atom is 0.0739 e. The van der Waals surface area contributed by atoms with E-state index in [0.717, 1.165) is 22.2 Å². The maximum absolute atomic E-state index is 6.23. The van der Waals surface area contributed by atoms with Crippen LogP contribution in [-0.4, -0.2) is 4.98 Å². The fourth-order valence-corrected chi connectivity index (χ4v) is 2.83. The lowest BCUT2D eigenvalue weighted by Crippen LogP contribution is -1.97. The Hall–Kier alpha value is -2.35. The summed E-state index contributed by atoms with van der Waals surface area (Å²) in [6.45, 7) is 6.32. The summed E-state index contributed by atoms with van der Waals surface area (Å²) in [7, 11) is 0. The van der Waals surface area contributed by atoms with Crippen molar-refractivity contribution in [2.75, 3.05) is 5.73 Å². The predicted octanol–water partition coefficient (Wildman–Crippen LogP) is 4.41. The van der Waals surface area contributed by atoms with Gasteiger partial charge in [-0.1, -0.05) is 35.9 Å². The van der Waals surface area contributed by atoms with Crippen LogP contribution in [0.25, 0.3) is 22.0 Å². The highest BCUT2D eigenvalue weighted by Gasteiger charge is 2.12. The number of nitrogen functional groups attached to an aromatic ring is 1. The molecule has 0 atom stereocenters. The number of hydrogen-bond acceptors (Lipinski definition) is 2. The number of aryl methyl sites for hydroxylation is 3. The molecule has 0 aliphatic carbocycles. The van der Waals surface area contributed by atoms with Crippen molar-refractivity contribution in [3.8, 4) is 11.1 Å². The standard InChI is InChI=1S/C18H18N2/c1-11-8-13(3)18-15(9-11)17(16(19)10-20-18)14-7-5-4-6-12(14)2/h4-10H,19H2,1-3H3. The van der Waals surface area contributed by atoms with Crippen LogP contribution in [-0.2, 0) is 0 Å². The van der Waals surface area contributed by atoms with Crippen molar-refractivity contribution in [1.29, 1.82) is 0 Å². The summed E-state index contributed by atoms with van der Waals surface area (Å²) < 4.78 is 0. The van der Waals surface area contributed by atoms with Crippen LogP contribution in [0.5, 0.6) is 0 Å². The number of aromatic nitrogens is 1. The molecule has 2 heteroatoms. The van der Waals surface area contributed by atoms with Crippen molar-refractivity contribution in [3.63, 3.8) is 0 Å². The van der Waals surface area contributed by atoms with Gasteiger partial charge in [-0.2, -0.15) is 0 Å². The summed E-state index contributed by atoms with van der Waals surface area (Å²) in [4.78, 5) is 4.51. The van der Waals surface area contributed by atoms with Crippen molar-refractivity contribution in [2.24, 2.45) is 0 Å². The molecule has 0 radical (unpaired) electrons. The first-order valence-electron chi connectivity index (χ1n) is 6.79. The van der Waals surface area contributed by atoms with Crippen molar-refractivity contribution in [2.45, 2.75) is 20.8 Å². The molecule has 0 unspecified atom stereocenters. The highest BCUT2D eigenvalue weighted by atomic mass is 14.7. The summed E-state index contributed by atoms with van der Waals surface area (Å²) in [5, 5.41) is 1.14. The van der Waals surface area contributed by atoms with Gasteiger partial charge >= 0.3 is 0 Å². The van der Waals surface area contributed by atoms with E-state index in [2.05, 4.69) is 62.2 Å². The topological polar surface area (TPSA) is 38.9 Å². The number of fused-ring (bicyclic) bond motifs is 1. The quantitative estimate of drug-likeness (QED) is 0.705. The molecule has 1 aromatic heterocycles. The molecule has 0 aliphatic rings. The van der Waals surface area contributed by atoms with Crippen molar-refractivity contribution < 1.29 is 0 Å². The van der Waals surface area contributed by atoms with E-state index >= 15 is 0 Å². The zero-order chi connectivity index (χ0) is 14.3. The zero-order valence-corrected chi connectivity index (χ0v) is 12.1. The van der Waals surface area contributed by atoms with Gasteiger partial charge in [0, 0.05) is 10.9 Å². The fraction of sp³-hybridized carbons (Fsp3) is 0.167. The van der Waals surface area contributed by atoms with Crippen LogP contribution < -0.4 is 5.73 Å². The molecular weight excluding hydrogens is 244 g/mol. The van der Waals surface area contributed by atoms with Gasteiger partial charge in [0.25, 0.3) is 0 Å². The van der Waals surface area contributed by atoms with E-state index in [1.54, 1.807) is 6.20 Å².